The van der Waals surface area contributed by atoms with Gasteiger partial charge in [-0.05, 0) is 6.42 Å². The molecule has 96 valence electrons. The highest BCUT2D eigenvalue weighted by molar-refractivity contribution is 5.80. The van der Waals surface area contributed by atoms with Crippen LogP contribution in [0.4, 0.5) is 0 Å². The number of aromatic nitrogens is 3. The number of nitrogens with zero attached hydrogens (tertiary/aromatic N) is 3. The minimum atomic E-state index is 0.275. The SMILES string of the molecule is CCCCCCCCC(=O)Cc1ncnn1C. The molecule has 17 heavy (non-hydrogen) atoms. The molecular formula is C13H23N3O. The van der Waals surface area contributed by atoms with E-state index in [1.54, 1.807) is 4.68 Å². The minimum absolute atomic E-state index is 0.275. The predicted molar refractivity (Wildman–Crippen MR) is 67.7 cm³/mol. The summed E-state index contributed by atoms with van der Waals surface area (Å²) in [4.78, 5) is 15.7. The first-order valence-corrected chi connectivity index (χ1v) is 6.58. The van der Waals surface area contributed by atoms with Gasteiger partial charge in [0, 0.05) is 13.5 Å². The number of ketones is 1. The smallest absolute Gasteiger partial charge is 0.140 e. The van der Waals surface area contributed by atoms with Gasteiger partial charge in [0.2, 0.25) is 0 Å². The van der Waals surface area contributed by atoms with Crippen molar-refractivity contribution in [3.63, 3.8) is 0 Å². The summed E-state index contributed by atoms with van der Waals surface area (Å²) >= 11 is 0. The van der Waals surface area contributed by atoms with Gasteiger partial charge in [0.25, 0.3) is 0 Å². The van der Waals surface area contributed by atoms with E-state index in [4.69, 9.17) is 0 Å². The summed E-state index contributed by atoms with van der Waals surface area (Å²) in [7, 11) is 1.82. The van der Waals surface area contributed by atoms with Gasteiger partial charge in [0.05, 0.1) is 6.42 Å². The normalized spacial score (nSPS) is 10.7. The third-order valence-corrected chi connectivity index (χ3v) is 2.97. The molecule has 0 spiro atoms. The average Bonchev–Trinajstić information content (AvgIpc) is 2.69. The summed E-state index contributed by atoms with van der Waals surface area (Å²) < 4.78 is 1.67. The molecule has 0 amide bonds. The molecule has 0 aromatic carbocycles. The average molecular weight is 237 g/mol. The first-order chi connectivity index (χ1) is 8.24. The van der Waals surface area contributed by atoms with Crippen molar-refractivity contribution < 1.29 is 4.79 Å². The summed E-state index contributed by atoms with van der Waals surface area (Å²) in [5.74, 6) is 1.04. The Kier molecular flexibility index (Phi) is 6.51. The summed E-state index contributed by atoms with van der Waals surface area (Å²) in [6.07, 6.45) is 9.92. The maximum atomic E-state index is 11.7. The molecule has 0 radical (unpaired) electrons. The topological polar surface area (TPSA) is 47.8 Å². The van der Waals surface area contributed by atoms with Crippen molar-refractivity contribution in [3.8, 4) is 0 Å². The third kappa shape index (κ3) is 5.61. The second-order valence-corrected chi connectivity index (χ2v) is 4.53. The first kappa shape index (κ1) is 13.9. The van der Waals surface area contributed by atoms with Gasteiger partial charge in [-0.2, -0.15) is 5.10 Å². The Balaban J connectivity index is 2.08. The quantitative estimate of drug-likeness (QED) is 0.620. The lowest BCUT2D eigenvalue weighted by Crippen LogP contribution is -2.08. The molecule has 0 saturated carbocycles. The molecule has 0 N–H and O–H groups in total. The number of carbonyl (C=O) groups excluding carboxylic acids is 1. The largest absolute Gasteiger partial charge is 0.299 e. The van der Waals surface area contributed by atoms with Crippen LogP contribution in [0.2, 0.25) is 0 Å². The van der Waals surface area contributed by atoms with Crippen molar-refractivity contribution in [2.24, 2.45) is 7.05 Å². The fourth-order valence-corrected chi connectivity index (χ4v) is 1.85. The number of aryl methyl sites for hydroxylation is 1. The molecule has 1 aromatic rings. The fourth-order valence-electron chi connectivity index (χ4n) is 1.85. The zero-order valence-corrected chi connectivity index (χ0v) is 11.0. The van der Waals surface area contributed by atoms with Crippen LogP contribution in [0.5, 0.6) is 0 Å². The van der Waals surface area contributed by atoms with Crippen LogP contribution in [0.3, 0.4) is 0 Å². The van der Waals surface area contributed by atoms with E-state index >= 15 is 0 Å². The number of hydrogen-bond acceptors (Lipinski definition) is 3. The van der Waals surface area contributed by atoms with E-state index in [0.29, 0.717) is 12.8 Å². The van der Waals surface area contributed by atoms with Crippen LogP contribution in [0.15, 0.2) is 6.33 Å². The second-order valence-electron chi connectivity index (χ2n) is 4.53. The van der Waals surface area contributed by atoms with Gasteiger partial charge in [0.1, 0.15) is 17.9 Å². The lowest BCUT2D eigenvalue weighted by molar-refractivity contribution is -0.118. The lowest BCUT2D eigenvalue weighted by atomic mass is 10.1. The zero-order valence-electron chi connectivity index (χ0n) is 11.0. The first-order valence-electron chi connectivity index (χ1n) is 6.58. The minimum Gasteiger partial charge on any atom is -0.299 e. The molecule has 0 saturated heterocycles. The molecule has 0 bridgehead atoms. The number of rotatable bonds is 9. The standard InChI is InChI=1S/C13H23N3O/c1-3-4-5-6-7-8-9-12(17)10-13-14-11-15-16(13)2/h11H,3-10H2,1-2H3. The van der Waals surface area contributed by atoms with E-state index in [0.717, 1.165) is 12.2 Å². The van der Waals surface area contributed by atoms with Gasteiger partial charge in [-0.15, -0.1) is 0 Å². The van der Waals surface area contributed by atoms with Gasteiger partial charge >= 0.3 is 0 Å². The van der Waals surface area contributed by atoms with E-state index in [2.05, 4.69) is 17.0 Å². The van der Waals surface area contributed by atoms with Crippen LogP contribution in [0.1, 0.15) is 57.7 Å². The highest BCUT2D eigenvalue weighted by atomic mass is 16.1. The van der Waals surface area contributed by atoms with E-state index in [1.165, 1.54) is 38.4 Å². The van der Waals surface area contributed by atoms with Gasteiger partial charge in [-0.1, -0.05) is 39.0 Å². The molecule has 4 heteroatoms. The molecule has 0 fully saturated rings. The van der Waals surface area contributed by atoms with Crippen LogP contribution in [-0.2, 0) is 18.3 Å². The van der Waals surface area contributed by atoms with Gasteiger partial charge in [-0.25, -0.2) is 4.98 Å². The van der Waals surface area contributed by atoms with E-state index in [1.807, 2.05) is 7.05 Å². The van der Waals surface area contributed by atoms with Crippen molar-refractivity contribution >= 4 is 5.78 Å². The molecule has 0 aliphatic carbocycles. The van der Waals surface area contributed by atoms with Crippen molar-refractivity contribution in [2.75, 3.05) is 0 Å². The number of Topliss-reactive ketones (excluding diaryl/α,β-unsaturated/α-hetero) is 1. The molecule has 4 nitrogen and oxygen atoms in total. The highest BCUT2D eigenvalue weighted by Crippen LogP contribution is 2.08. The summed E-state index contributed by atoms with van der Waals surface area (Å²) in [5.41, 5.74) is 0. The monoisotopic (exact) mass is 237 g/mol. The Bertz CT molecular complexity index is 333. The Labute approximate surface area is 103 Å². The Morgan fingerprint density at radius 2 is 1.94 bits per heavy atom. The summed E-state index contributed by atoms with van der Waals surface area (Å²) in [6.45, 7) is 2.21. The van der Waals surface area contributed by atoms with Crippen LogP contribution in [-0.4, -0.2) is 20.5 Å². The maximum absolute atomic E-state index is 11.7. The molecule has 1 rings (SSSR count). The molecule has 0 aliphatic heterocycles. The lowest BCUT2D eigenvalue weighted by Gasteiger charge is -2.01. The summed E-state index contributed by atoms with van der Waals surface area (Å²) in [5, 5.41) is 3.95. The number of carbonyl (C=O) groups is 1. The molecule has 0 unspecified atom stereocenters. The third-order valence-electron chi connectivity index (χ3n) is 2.97. The Morgan fingerprint density at radius 1 is 1.24 bits per heavy atom. The van der Waals surface area contributed by atoms with Crippen molar-refractivity contribution in [2.45, 2.75) is 58.3 Å². The molecule has 0 aliphatic rings. The Hall–Kier alpha value is -1.19. The highest BCUT2D eigenvalue weighted by Gasteiger charge is 2.07. The molecule has 0 atom stereocenters. The van der Waals surface area contributed by atoms with Gasteiger partial charge in [-0.3, -0.25) is 9.48 Å². The van der Waals surface area contributed by atoms with Gasteiger partial charge in [0.15, 0.2) is 0 Å². The fraction of sp³-hybridized carbons (Fsp3) is 0.769. The number of unbranched alkanes of at least 4 members (excludes halogenated alkanes) is 5. The van der Waals surface area contributed by atoms with Crippen LogP contribution in [0, 0.1) is 0 Å². The Morgan fingerprint density at radius 3 is 2.59 bits per heavy atom. The second kappa shape index (κ2) is 7.98. The van der Waals surface area contributed by atoms with Crippen molar-refractivity contribution in [1.29, 1.82) is 0 Å². The van der Waals surface area contributed by atoms with Crippen LogP contribution < -0.4 is 0 Å². The molecule has 1 heterocycles. The predicted octanol–water partition coefficient (Wildman–Crippen LogP) is 2.68. The van der Waals surface area contributed by atoms with Gasteiger partial charge < -0.3 is 0 Å². The summed E-state index contributed by atoms with van der Waals surface area (Å²) in [6, 6.07) is 0. The molecular weight excluding hydrogens is 214 g/mol. The van der Waals surface area contributed by atoms with Crippen LogP contribution >= 0.6 is 0 Å². The molecule has 1 aromatic heterocycles. The van der Waals surface area contributed by atoms with E-state index in [9.17, 15) is 4.79 Å². The number of hydrogen-bond donors (Lipinski definition) is 0. The van der Waals surface area contributed by atoms with E-state index in [-0.39, 0.29) is 5.78 Å². The van der Waals surface area contributed by atoms with Crippen LogP contribution in [0.25, 0.3) is 0 Å². The van der Waals surface area contributed by atoms with Crippen molar-refractivity contribution in [1.82, 2.24) is 14.8 Å². The van der Waals surface area contributed by atoms with E-state index < -0.39 is 0 Å². The maximum Gasteiger partial charge on any atom is 0.140 e. The van der Waals surface area contributed by atoms with Crippen molar-refractivity contribution in [3.05, 3.63) is 12.2 Å². The zero-order chi connectivity index (χ0) is 12.5.